The molecule has 0 bridgehead atoms. The molecule has 0 heterocycles. The lowest BCUT2D eigenvalue weighted by Crippen LogP contribution is -2.36. The summed E-state index contributed by atoms with van der Waals surface area (Å²) in [5.41, 5.74) is 7.94. The molecule has 0 unspecified atom stereocenters. The van der Waals surface area contributed by atoms with Crippen molar-refractivity contribution in [3.63, 3.8) is 0 Å². The van der Waals surface area contributed by atoms with Crippen molar-refractivity contribution in [2.24, 2.45) is 5.73 Å². The zero-order chi connectivity index (χ0) is 15.7. The van der Waals surface area contributed by atoms with Gasteiger partial charge in [0.25, 0.3) is 0 Å². The smallest absolute Gasteiger partial charge is 0.220 e. The van der Waals surface area contributed by atoms with Gasteiger partial charge in [0.2, 0.25) is 5.91 Å². The molecule has 0 aromatic heterocycles. The van der Waals surface area contributed by atoms with Crippen molar-refractivity contribution < 1.29 is 4.79 Å². The van der Waals surface area contributed by atoms with Gasteiger partial charge in [0.15, 0.2) is 0 Å². The Morgan fingerprint density at radius 1 is 1.18 bits per heavy atom. The molecule has 0 spiro atoms. The van der Waals surface area contributed by atoms with Gasteiger partial charge in [-0.05, 0) is 31.9 Å². The minimum atomic E-state index is -0.0404. The first-order valence-corrected chi connectivity index (χ1v) is 7.99. The highest BCUT2D eigenvalue weighted by Gasteiger charge is 2.21. The van der Waals surface area contributed by atoms with Crippen LogP contribution >= 0.6 is 12.4 Å². The fourth-order valence-corrected chi connectivity index (χ4v) is 2.36. The summed E-state index contributed by atoms with van der Waals surface area (Å²) in [5.74, 6) is 0.156. The summed E-state index contributed by atoms with van der Waals surface area (Å²) in [7, 11) is 0. The molecule has 1 rings (SSSR count). The first kappa shape index (κ1) is 20.9. The summed E-state index contributed by atoms with van der Waals surface area (Å²) in [4.78, 5) is 11.9. The maximum absolute atomic E-state index is 11.9. The largest absolute Gasteiger partial charge is 0.355 e. The van der Waals surface area contributed by atoms with Gasteiger partial charge in [-0.1, -0.05) is 56.5 Å². The van der Waals surface area contributed by atoms with E-state index in [0.717, 1.165) is 32.2 Å². The number of hydrogen-bond acceptors (Lipinski definition) is 2. The molecule has 3 nitrogen and oxygen atoms in total. The van der Waals surface area contributed by atoms with Gasteiger partial charge in [0.1, 0.15) is 0 Å². The first-order valence-electron chi connectivity index (χ1n) is 7.99. The molecule has 0 fully saturated rings. The molecule has 0 aliphatic carbocycles. The molecule has 1 aromatic rings. The third kappa shape index (κ3) is 7.81. The standard InChI is InChI=1S/C18H30N2O.ClH/c1-15-9-8-10-16(13-15)18(2,3)14-20-17(21)11-6-4-5-7-12-19;/h8-10,13H,4-7,11-12,14,19H2,1-3H3,(H,20,21);1H. The fourth-order valence-electron chi connectivity index (χ4n) is 2.36. The van der Waals surface area contributed by atoms with Crippen molar-refractivity contribution in [1.82, 2.24) is 5.32 Å². The maximum atomic E-state index is 11.9. The molecule has 4 heteroatoms. The van der Waals surface area contributed by atoms with E-state index in [0.29, 0.717) is 13.0 Å². The van der Waals surface area contributed by atoms with Crippen LogP contribution < -0.4 is 11.1 Å². The van der Waals surface area contributed by atoms with Crippen molar-refractivity contribution in [3.05, 3.63) is 35.4 Å². The molecule has 0 radical (unpaired) electrons. The number of aryl methyl sites for hydroxylation is 1. The Kier molecular flexibility index (Phi) is 10.1. The lowest BCUT2D eigenvalue weighted by atomic mass is 9.84. The van der Waals surface area contributed by atoms with Crippen LogP contribution in [-0.4, -0.2) is 19.0 Å². The predicted octanol–water partition coefficient (Wildman–Crippen LogP) is 3.72. The van der Waals surface area contributed by atoms with E-state index in [-0.39, 0.29) is 23.7 Å². The Morgan fingerprint density at radius 2 is 1.86 bits per heavy atom. The number of rotatable bonds is 9. The normalized spacial score (nSPS) is 10.9. The topological polar surface area (TPSA) is 55.1 Å². The molecule has 0 saturated carbocycles. The van der Waals surface area contributed by atoms with Crippen LogP contribution in [0.25, 0.3) is 0 Å². The van der Waals surface area contributed by atoms with Crippen molar-refractivity contribution in [3.8, 4) is 0 Å². The van der Waals surface area contributed by atoms with Crippen LogP contribution in [0, 0.1) is 6.92 Å². The van der Waals surface area contributed by atoms with E-state index < -0.39 is 0 Å². The van der Waals surface area contributed by atoms with Crippen LogP contribution in [0.15, 0.2) is 24.3 Å². The van der Waals surface area contributed by atoms with E-state index in [9.17, 15) is 4.79 Å². The third-order valence-electron chi connectivity index (χ3n) is 3.89. The van der Waals surface area contributed by atoms with Gasteiger partial charge in [0.05, 0.1) is 0 Å². The number of nitrogens with two attached hydrogens (primary N) is 1. The quantitative estimate of drug-likeness (QED) is 0.679. The predicted molar refractivity (Wildman–Crippen MR) is 96.6 cm³/mol. The second kappa shape index (κ2) is 10.6. The number of nitrogens with one attached hydrogen (secondary N) is 1. The highest BCUT2D eigenvalue weighted by atomic mass is 35.5. The van der Waals surface area contributed by atoms with Crippen molar-refractivity contribution in [2.45, 2.75) is 58.3 Å². The molecule has 0 atom stereocenters. The van der Waals surface area contributed by atoms with E-state index in [2.05, 4.69) is 50.4 Å². The molecular formula is C18H31ClN2O. The molecule has 22 heavy (non-hydrogen) atoms. The average molecular weight is 327 g/mol. The Bertz CT molecular complexity index is 446. The molecular weight excluding hydrogens is 296 g/mol. The average Bonchev–Trinajstić information content (AvgIpc) is 2.45. The molecule has 0 aliphatic heterocycles. The second-order valence-electron chi connectivity index (χ2n) is 6.48. The van der Waals surface area contributed by atoms with E-state index in [4.69, 9.17) is 5.73 Å². The van der Waals surface area contributed by atoms with Crippen molar-refractivity contribution >= 4 is 18.3 Å². The highest BCUT2D eigenvalue weighted by molar-refractivity contribution is 5.85. The summed E-state index contributed by atoms with van der Waals surface area (Å²) in [6, 6.07) is 8.50. The van der Waals surface area contributed by atoms with Gasteiger partial charge >= 0.3 is 0 Å². The third-order valence-corrected chi connectivity index (χ3v) is 3.89. The minimum Gasteiger partial charge on any atom is -0.355 e. The number of halogens is 1. The molecule has 0 aliphatic rings. The van der Waals surface area contributed by atoms with Gasteiger partial charge in [-0.15, -0.1) is 12.4 Å². The molecule has 1 aromatic carbocycles. The van der Waals surface area contributed by atoms with E-state index in [1.54, 1.807) is 0 Å². The number of unbranched alkanes of at least 4 members (excludes halogenated alkanes) is 3. The molecule has 1 amide bonds. The van der Waals surface area contributed by atoms with Crippen LogP contribution in [0.3, 0.4) is 0 Å². The number of carbonyl (C=O) groups excluding carboxylic acids is 1. The van der Waals surface area contributed by atoms with Crippen LogP contribution in [0.1, 0.15) is 57.1 Å². The van der Waals surface area contributed by atoms with E-state index in [1.165, 1.54) is 11.1 Å². The second-order valence-corrected chi connectivity index (χ2v) is 6.48. The first-order chi connectivity index (χ1) is 9.95. The van der Waals surface area contributed by atoms with Crippen molar-refractivity contribution in [2.75, 3.05) is 13.1 Å². The van der Waals surface area contributed by atoms with Crippen LogP contribution in [0.2, 0.25) is 0 Å². The Morgan fingerprint density at radius 3 is 2.50 bits per heavy atom. The molecule has 3 N–H and O–H groups in total. The summed E-state index contributed by atoms with van der Waals surface area (Å²) in [5, 5.41) is 3.07. The number of hydrogen-bond donors (Lipinski definition) is 2. The summed E-state index contributed by atoms with van der Waals surface area (Å²) < 4.78 is 0. The summed E-state index contributed by atoms with van der Waals surface area (Å²) in [6.07, 6.45) is 4.84. The number of carbonyl (C=O) groups is 1. The van der Waals surface area contributed by atoms with Crippen LogP contribution in [0.5, 0.6) is 0 Å². The zero-order valence-corrected chi connectivity index (χ0v) is 15.0. The van der Waals surface area contributed by atoms with Gasteiger partial charge < -0.3 is 11.1 Å². The van der Waals surface area contributed by atoms with Gasteiger partial charge in [-0.25, -0.2) is 0 Å². The monoisotopic (exact) mass is 326 g/mol. The maximum Gasteiger partial charge on any atom is 0.220 e. The molecule has 0 saturated heterocycles. The SMILES string of the molecule is Cc1cccc(C(C)(C)CNC(=O)CCCCCCN)c1.Cl. The summed E-state index contributed by atoms with van der Waals surface area (Å²) in [6.45, 7) is 7.86. The van der Waals surface area contributed by atoms with Crippen LogP contribution in [-0.2, 0) is 10.2 Å². The fraction of sp³-hybridized carbons (Fsp3) is 0.611. The zero-order valence-electron chi connectivity index (χ0n) is 14.2. The number of benzene rings is 1. The Hall–Kier alpha value is -1.06. The minimum absolute atomic E-state index is 0. The lowest BCUT2D eigenvalue weighted by molar-refractivity contribution is -0.121. The van der Waals surface area contributed by atoms with Crippen LogP contribution in [0.4, 0.5) is 0 Å². The lowest BCUT2D eigenvalue weighted by Gasteiger charge is -2.26. The highest BCUT2D eigenvalue weighted by Crippen LogP contribution is 2.23. The Balaban J connectivity index is 0.00000441. The van der Waals surface area contributed by atoms with E-state index in [1.807, 2.05) is 0 Å². The van der Waals surface area contributed by atoms with E-state index >= 15 is 0 Å². The van der Waals surface area contributed by atoms with Gasteiger partial charge in [-0.2, -0.15) is 0 Å². The summed E-state index contributed by atoms with van der Waals surface area (Å²) >= 11 is 0. The van der Waals surface area contributed by atoms with Gasteiger partial charge in [0, 0.05) is 18.4 Å². The molecule has 126 valence electrons. The van der Waals surface area contributed by atoms with Crippen molar-refractivity contribution in [1.29, 1.82) is 0 Å². The number of amides is 1. The Labute approximate surface area is 141 Å². The van der Waals surface area contributed by atoms with Gasteiger partial charge in [-0.3, -0.25) is 4.79 Å².